The van der Waals surface area contributed by atoms with Crippen LogP contribution in [0.3, 0.4) is 0 Å². The molecule has 1 heterocycles. The molecule has 1 aliphatic rings. The van der Waals surface area contributed by atoms with Gasteiger partial charge in [-0.25, -0.2) is 0 Å². The van der Waals surface area contributed by atoms with Gasteiger partial charge in [0.2, 0.25) is 0 Å². The van der Waals surface area contributed by atoms with Gasteiger partial charge < -0.3 is 19.9 Å². The van der Waals surface area contributed by atoms with Crippen LogP contribution in [0.25, 0.3) is 0 Å². The summed E-state index contributed by atoms with van der Waals surface area (Å²) >= 11 is 0. The second-order valence-electron chi connectivity index (χ2n) is 6.91. The standard InChI is InChI=1S/C17H27NO3/c1-16(2,3)18-9-8-17(4,19)13-6-7-14-15(12-13)21-11-5-10-20-14/h6-7,12,18-19H,5,8-11H2,1-4H3. The molecule has 0 radical (unpaired) electrons. The molecule has 0 amide bonds. The van der Waals surface area contributed by atoms with Gasteiger partial charge in [0.15, 0.2) is 11.5 Å². The third kappa shape index (κ3) is 4.61. The Labute approximate surface area is 127 Å². The largest absolute Gasteiger partial charge is 0.490 e. The molecule has 118 valence electrons. The van der Waals surface area contributed by atoms with Gasteiger partial charge in [-0.05, 0) is 58.4 Å². The van der Waals surface area contributed by atoms with E-state index in [1.54, 1.807) is 0 Å². The topological polar surface area (TPSA) is 50.7 Å². The van der Waals surface area contributed by atoms with E-state index in [1.807, 2.05) is 25.1 Å². The Morgan fingerprint density at radius 2 is 1.76 bits per heavy atom. The first-order chi connectivity index (χ1) is 9.78. The van der Waals surface area contributed by atoms with Crippen LogP contribution >= 0.6 is 0 Å². The lowest BCUT2D eigenvalue weighted by atomic mass is 9.92. The van der Waals surface area contributed by atoms with Crippen LogP contribution in [-0.4, -0.2) is 30.4 Å². The maximum Gasteiger partial charge on any atom is 0.161 e. The first kappa shape index (κ1) is 16.1. The number of benzene rings is 1. The minimum atomic E-state index is -0.886. The van der Waals surface area contributed by atoms with Crippen LogP contribution in [0.1, 0.15) is 46.1 Å². The highest BCUT2D eigenvalue weighted by atomic mass is 16.5. The zero-order chi connectivity index (χ0) is 15.5. The zero-order valence-electron chi connectivity index (χ0n) is 13.5. The molecule has 1 atom stereocenters. The number of nitrogens with one attached hydrogen (secondary N) is 1. The highest BCUT2D eigenvalue weighted by molar-refractivity contribution is 5.44. The van der Waals surface area contributed by atoms with Crippen LogP contribution in [-0.2, 0) is 5.60 Å². The lowest BCUT2D eigenvalue weighted by Gasteiger charge is -2.28. The molecule has 0 spiro atoms. The van der Waals surface area contributed by atoms with E-state index in [0.717, 1.165) is 30.0 Å². The molecule has 21 heavy (non-hydrogen) atoms. The van der Waals surface area contributed by atoms with E-state index in [-0.39, 0.29) is 5.54 Å². The van der Waals surface area contributed by atoms with Gasteiger partial charge in [-0.2, -0.15) is 0 Å². The normalized spacial score (nSPS) is 18.0. The van der Waals surface area contributed by atoms with Gasteiger partial charge in [-0.1, -0.05) is 6.07 Å². The van der Waals surface area contributed by atoms with Crippen LogP contribution in [0.4, 0.5) is 0 Å². The van der Waals surface area contributed by atoms with Crippen LogP contribution in [0.5, 0.6) is 11.5 Å². The lowest BCUT2D eigenvalue weighted by molar-refractivity contribution is 0.0461. The summed E-state index contributed by atoms with van der Waals surface area (Å²) in [6, 6.07) is 5.71. The van der Waals surface area contributed by atoms with Crippen LogP contribution < -0.4 is 14.8 Å². The summed E-state index contributed by atoms with van der Waals surface area (Å²) in [5.41, 5.74) is 0.0338. The second kappa shape index (κ2) is 6.24. The Morgan fingerprint density at radius 3 is 2.43 bits per heavy atom. The van der Waals surface area contributed by atoms with E-state index in [9.17, 15) is 5.11 Å². The van der Waals surface area contributed by atoms with E-state index in [0.29, 0.717) is 19.6 Å². The summed E-state index contributed by atoms with van der Waals surface area (Å²) in [4.78, 5) is 0. The maximum atomic E-state index is 10.7. The Kier molecular flexibility index (Phi) is 4.79. The van der Waals surface area contributed by atoms with Crippen molar-refractivity contribution < 1.29 is 14.6 Å². The van der Waals surface area contributed by atoms with Crippen molar-refractivity contribution in [3.63, 3.8) is 0 Å². The Bertz CT molecular complexity index is 477. The number of aliphatic hydroxyl groups is 1. The number of ether oxygens (including phenoxy) is 2. The van der Waals surface area contributed by atoms with Crippen molar-refractivity contribution in [2.45, 2.75) is 51.7 Å². The molecule has 4 heteroatoms. The molecule has 4 nitrogen and oxygen atoms in total. The summed E-state index contributed by atoms with van der Waals surface area (Å²) in [7, 11) is 0. The van der Waals surface area contributed by atoms with Gasteiger partial charge in [-0.15, -0.1) is 0 Å². The number of hydrogen-bond acceptors (Lipinski definition) is 4. The summed E-state index contributed by atoms with van der Waals surface area (Å²) in [6.07, 6.45) is 1.53. The van der Waals surface area contributed by atoms with Crippen molar-refractivity contribution >= 4 is 0 Å². The number of fused-ring (bicyclic) bond motifs is 1. The minimum absolute atomic E-state index is 0.0563. The van der Waals surface area contributed by atoms with E-state index in [2.05, 4.69) is 26.1 Å². The summed E-state index contributed by atoms with van der Waals surface area (Å²) in [6.45, 7) is 10.3. The fourth-order valence-corrected chi connectivity index (χ4v) is 2.32. The fraction of sp³-hybridized carbons (Fsp3) is 0.647. The molecule has 1 aromatic carbocycles. The van der Waals surface area contributed by atoms with Gasteiger partial charge >= 0.3 is 0 Å². The van der Waals surface area contributed by atoms with E-state index in [4.69, 9.17) is 9.47 Å². The quantitative estimate of drug-likeness (QED) is 0.896. The summed E-state index contributed by atoms with van der Waals surface area (Å²) in [5, 5.41) is 14.1. The first-order valence-electron chi connectivity index (χ1n) is 7.65. The lowest BCUT2D eigenvalue weighted by Crippen LogP contribution is -2.39. The number of rotatable bonds is 4. The average molecular weight is 293 g/mol. The average Bonchev–Trinajstić information content (AvgIpc) is 2.61. The molecular formula is C17H27NO3. The van der Waals surface area contributed by atoms with Gasteiger partial charge in [0.25, 0.3) is 0 Å². The molecule has 0 saturated carbocycles. The fourth-order valence-electron chi connectivity index (χ4n) is 2.32. The van der Waals surface area contributed by atoms with E-state index in [1.165, 1.54) is 0 Å². The van der Waals surface area contributed by atoms with Crippen molar-refractivity contribution in [3.05, 3.63) is 23.8 Å². The Balaban J connectivity index is 2.07. The van der Waals surface area contributed by atoms with Crippen molar-refractivity contribution in [1.82, 2.24) is 5.32 Å². The summed E-state index contributed by atoms with van der Waals surface area (Å²) < 4.78 is 11.3. The Hall–Kier alpha value is -1.26. The molecule has 0 bridgehead atoms. The van der Waals surface area contributed by atoms with E-state index >= 15 is 0 Å². The molecule has 1 aliphatic heterocycles. The van der Waals surface area contributed by atoms with Crippen molar-refractivity contribution in [3.8, 4) is 11.5 Å². The smallest absolute Gasteiger partial charge is 0.161 e. The van der Waals surface area contributed by atoms with Crippen molar-refractivity contribution in [2.75, 3.05) is 19.8 Å². The zero-order valence-corrected chi connectivity index (χ0v) is 13.5. The highest BCUT2D eigenvalue weighted by Crippen LogP contribution is 2.35. The first-order valence-corrected chi connectivity index (χ1v) is 7.65. The predicted octanol–water partition coefficient (Wildman–Crippen LogP) is 2.83. The second-order valence-corrected chi connectivity index (χ2v) is 6.91. The monoisotopic (exact) mass is 293 g/mol. The highest BCUT2D eigenvalue weighted by Gasteiger charge is 2.25. The van der Waals surface area contributed by atoms with Crippen molar-refractivity contribution in [2.24, 2.45) is 0 Å². The molecule has 1 aromatic rings. The molecular weight excluding hydrogens is 266 g/mol. The van der Waals surface area contributed by atoms with Crippen LogP contribution in [0.2, 0.25) is 0 Å². The molecule has 2 N–H and O–H groups in total. The van der Waals surface area contributed by atoms with Crippen LogP contribution in [0.15, 0.2) is 18.2 Å². The third-order valence-electron chi connectivity index (χ3n) is 3.64. The number of hydrogen-bond donors (Lipinski definition) is 2. The van der Waals surface area contributed by atoms with Crippen LogP contribution in [0, 0.1) is 0 Å². The molecule has 0 saturated heterocycles. The molecule has 0 aromatic heterocycles. The summed E-state index contributed by atoms with van der Waals surface area (Å²) in [5.74, 6) is 1.49. The van der Waals surface area contributed by atoms with Gasteiger partial charge in [0.05, 0.1) is 18.8 Å². The van der Waals surface area contributed by atoms with E-state index < -0.39 is 5.60 Å². The predicted molar refractivity (Wildman–Crippen MR) is 84.0 cm³/mol. The molecule has 1 unspecified atom stereocenters. The van der Waals surface area contributed by atoms with Gasteiger partial charge in [-0.3, -0.25) is 0 Å². The molecule has 0 fully saturated rings. The Morgan fingerprint density at radius 1 is 1.10 bits per heavy atom. The maximum absolute atomic E-state index is 10.7. The molecule has 0 aliphatic carbocycles. The van der Waals surface area contributed by atoms with Gasteiger partial charge in [0.1, 0.15) is 0 Å². The minimum Gasteiger partial charge on any atom is -0.490 e. The van der Waals surface area contributed by atoms with Crippen molar-refractivity contribution in [1.29, 1.82) is 0 Å². The third-order valence-corrected chi connectivity index (χ3v) is 3.64. The molecule has 2 rings (SSSR count). The SMILES string of the molecule is CC(C)(C)NCCC(C)(O)c1ccc2c(c1)OCCCO2. The van der Waals surface area contributed by atoms with Gasteiger partial charge in [0, 0.05) is 12.0 Å².